The van der Waals surface area contributed by atoms with Crippen molar-refractivity contribution in [2.24, 2.45) is 0 Å². The van der Waals surface area contributed by atoms with Gasteiger partial charge >= 0.3 is 0 Å². The summed E-state index contributed by atoms with van der Waals surface area (Å²) in [4.78, 5) is 14.5. The number of ether oxygens (including phenoxy) is 2. The molecule has 1 fully saturated rings. The van der Waals surface area contributed by atoms with E-state index in [0.29, 0.717) is 38.9 Å². The fourth-order valence-electron chi connectivity index (χ4n) is 2.62. The quantitative estimate of drug-likeness (QED) is 0.478. The highest BCUT2D eigenvalue weighted by Crippen LogP contribution is 2.39. The van der Waals surface area contributed by atoms with Crippen LogP contribution in [0.1, 0.15) is 18.1 Å². The van der Waals surface area contributed by atoms with E-state index in [9.17, 15) is 4.79 Å². The van der Waals surface area contributed by atoms with Crippen LogP contribution in [-0.2, 0) is 11.4 Å². The van der Waals surface area contributed by atoms with Crippen LogP contribution >= 0.6 is 35.6 Å². The van der Waals surface area contributed by atoms with E-state index in [4.69, 9.17) is 33.3 Å². The summed E-state index contributed by atoms with van der Waals surface area (Å²) < 4.78 is 11.9. The van der Waals surface area contributed by atoms with Crippen molar-refractivity contribution in [2.45, 2.75) is 13.5 Å². The number of likely N-dealkylation sites (N-methyl/N-ethyl adjacent to an activating group) is 1. The van der Waals surface area contributed by atoms with Crippen LogP contribution in [0.3, 0.4) is 0 Å². The molecule has 1 aliphatic rings. The van der Waals surface area contributed by atoms with Crippen LogP contribution in [0.15, 0.2) is 47.4 Å². The van der Waals surface area contributed by atoms with Gasteiger partial charge in [-0.05, 0) is 36.3 Å². The van der Waals surface area contributed by atoms with Gasteiger partial charge in [-0.15, -0.1) is 0 Å². The molecule has 140 valence electrons. The normalized spacial score (nSPS) is 15.5. The van der Waals surface area contributed by atoms with Gasteiger partial charge < -0.3 is 9.47 Å². The molecule has 0 saturated carbocycles. The largest absolute Gasteiger partial charge is 0.493 e. The Balaban J connectivity index is 1.85. The average molecular weight is 420 g/mol. The van der Waals surface area contributed by atoms with Gasteiger partial charge in [0.1, 0.15) is 10.9 Å². The van der Waals surface area contributed by atoms with E-state index in [-0.39, 0.29) is 5.91 Å². The monoisotopic (exact) mass is 419 g/mol. The van der Waals surface area contributed by atoms with Crippen LogP contribution in [-0.4, -0.2) is 28.8 Å². The van der Waals surface area contributed by atoms with Gasteiger partial charge in [-0.3, -0.25) is 9.69 Å². The van der Waals surface area contributed by atoms with Crippen LogP contribution in [0, 0.1) is 0 Å². The lowest BCUT2D eigenvalue weighted by atomic mass is 10.1. The summed E-state index contributed by atoms with van der Waals surface area (Å²) in [5.41, 5.74) is 1.78. The standard InChI is InChI=1S/C20H18ClNO3S2/c1-3-22-19(23)17(27-20(22)26)11-14-9-15(21)18(16(10-14)24-2)25-12-13-7-5-4-6-8-13/h4-11H,3,12H2,1-2H3. The Hall–Kier alpha value is -2.02. The van der Waals surface area contributed by atoms with Crippen molar-refractivity contribution >= 4 is 51.9 Å². The maximum absolute atomic E-state index is 12.4. The third kappa shape index (κ3) is 4.46. The lowest BCUT2D eigenvalue weighted by Crippen LogP contribution is -2.27. The van der Waals surface area contributed by atoms with E-state index in [1.165, 1.54) is 11.8 Å². The number of hydrogen-bond acceptors (Lipinski definition) is 5. The third-order valence-electron chi connectivity index (χ3n) is 3.97. The maximum atomic E-state index is 12.4. The Bertz CT molecular complexity index is 900. The summed E-state index contributed by atoms with van der Waals surface area (Å²) in [7, 11) is 1.56. The second kappa shape index (κ2) is 8.78. The number of carbonyl (C=O) groups is 1. The van der Waals surface area contributed by atoms with Crippen LogP contribution in [0.4, 0.5) is 0 Å². The highest BCUT2D eigenvalue weighted by atomic mass is 35.5. The predicted octanol–water partition coefficient (Wildman–Crippen LogP) is 5.15. The minimum atomic E-state index is -0.0907. The summed E-state index contributed by atoms with van der Waals surface area (Å²) in [5.74, 6) is 0.893. The zero-order valence-corrected chi connectivity index (χ0v) is 17.3. The van der Waals surface area contributed by atoms with E-state index in [1.54, 1.807) is 30.2 Å². The van der Waals surface area contributed by atoms with Gasteiger partial charge in [0.25, 0.3) is 5.91 Å². The Morgan fingerprint density at radius 3 is 2.63 bits per heavy atom. The first kappa shape index (κ1) is 19.7. The van der Waals surface area contributed by atoms with Gasteiger partial charge in [0.15, 0.2) is 11.5 Å². The van der Waals surface area contributed by atoms with E-state index in [2.05, 4.69) is 0 Å². The molecular formula is C20H18ClNO3S2. The van der Waals surface area contributed by atoms with Gasteiger partial charge in [0.2, 0.25) is 0 Å². The first-order valence-electron chi connectivity index (χ1n) is 8.33. The molecule has 3 rings (SSSR count). The molecule has 0 aliphatic carbocycles. The molecule has 0 radical (unpaired) electrons. The summed E-state index contributed by atoms with van der Waals surface area (Å²) >= 11 is 13.0. The van der Waals surface area contributed by atoms with E-state index >= 15 is 0 Å². The smallest absolute Gasteiger partial charge is 0.266 e. The number of thioether (sulfide) groups is 1. The minimum Gasteiger partial charge on any atom is -0.493 e. The van der Waals surface area contributed by atoms with E-state index in [0.717, 1.165) is 11.1 Å². The molecule has 2 aromatic carbocycles. The molecule has 0 unspecified atom stereocenters. The molecule has 1 saturated heterocycles. The summed E-state index contributed by atoms with van der Waals surface area (Å²) in [5, 5.41) is 0.419. The SMILES string of the molecule is CCN1C(=O)C(=Cc2cc(Cl)c(OCc3ccccc3)c(OC)c2)SC1=S. The number of thiocarbonyl (C=S) groups is 1. The van der Waals surface area contributed by atoms with Crippen molar-refractivity contribution in [3.63, 3.8) is 0 Å². The van der Waals surface area contributed by atoms with Gasteiger partial charge in [0.05, 0.1) is 17.0 Å². The number of carbonyl (C=O) groups excluding carboxylic acids is 1. The maximum Gasteiger partial charge on any atom is 0.266 e. The summed E-state index contributed by atoms with van der Waals surface area (Å²) in [6.07, 6.45) is 1.77. The molecule has 4 nitrogen and oxygen atoms in total. The molecule has 1 heterocycles. The van der Waals surface area contributed by atoms with Crippen molar-refractivity contribution in [2.75, 3.05) is 13.7 Å². The Morgan fingerprint density at radius 1 is 1.26 bits per heavy atom. The van der Waals surface area contributed by atoms with Crippen LogP contribution < -0.4 is 9.47 Å². The van der Waals surface area contributed by atoms with Gasteiger partial charge in [-0.25, -0.2) is 0 Å². The lowest BCUT2D eigenvalue weighted by molar-refractivity contribution is -0.121. The van der Waals surface area contributed by atoms with Crippen molar-refractivity contribution in [3.8, 4) is 11.5 Å². The van der Waals surface area contributed by atoms with Crippen molar-refractivity contribution in [3.05, 3.63) is 63.5 Å². The van der Waals surface area contributed by atoms with Crippen molar-refractivity contribution in [1.29, 1.82) is 0 Å². The zero-order valence-electron chi connectivity index (χ0n) is 14.9. The first-order chi connectivity index (χ1) is 13.0. The van der Waals surface area contributed by atoms with E-state index in [1.807, 2.05) is 37.3 Å². The van der Waals surface area contributed by atoms with Crippen molar-refractivity contribution in [1.82, 2.24) is 4.90 Å². The number of rotatable bonds is 6. The van der Waals surface area contributed by atoms with E-state index < -0.39 is 0 Å². The molecule has 0 spiro atoms. The Kier molecular flexibility index (Phi) is 6.42. The van der Waals surface area contributed by atoms with Crippen LogP contribution in [0.25, 0.3) is 6.08 Å². The zero-order chi connectivity index (χ0) is 19.4. The molecule has 0 aromatic heterocycles. The number of amides is 1. The average Bonchev–Trinajstić information content (AvgIpc) is 2.93. The minimum absolute atomic E-state index is 0.0907. The van der Waals surface area contributed by atoms with Gasteiger partial charge in [-0.2, -0.15) is 0 Å². The second-order valence-corrected chi connectivity index (χ2v) is 7.82. The van der Waals surface area contributed by atoms with Crippen LogP contribution in [0.5, 0.6) is 11.5 Å². The highest BCUT2D eigenvalue weighted by Gasteiger charge is 2.30. The second-order valence-electron chi connectivity index (χ2n) is 5.73. The Morgan fingerprint density at radius 2 is 2.00 bits per heavy atom. The number of halogens is 1. The van der Waals surface area contributed by atoms with Gasteiger partial charge in [0, 0.05) is 6.54 Å². The topological polar surface area (TPSA) is 38.8 Å². The van der Waals surface area contributed by atoms with Crippen LogP contribution in [0.2, 0.25) is 5.02 Å². The molecule has 0 atom stereocenters. The fourth-order valence-corrected chi connectivity index (χ4v) is 4.27. The molecule has 1 amide bonds. The molecular weight excluding hydrogens is 402 g/mol. The van der Waals surface area contributed by atoms with Gasteiger partial charge in [-0.1, -0.05) is 65.9 Å². The lowest BCUT2D eigenvalue weighted by Gasteiger charge is -2.13. The fraction of sp³-hybridized carbons (Fsp3) is 0.200. The molecule has 27 heavy (non-hydrogen) atoms. The first-order valence-corrected chi connectivity index (χ1v) is 9.93. The summed E-state index contributed by atoms with van der Waals surface area (Å²) in [6.45, 7) is 2.83. The molecule has 1 aliphatic heterocycles. The third-order valence-corrected chi connectivity index (χ3v) is 5.62. The van der Waals surface area contributed by atoms with Crippen molar-refractivity contribution < 1.29 is 14.3 Å². The predicted molar refractivity (Wildman–Crippen MR) is 114 cm³/mol. The molecule has 0 bridgehead atoms. The number of nitrogens with zero attached hydrogens (tertiary/aromatic N) is 1. The Labute approximate surface area is 173 Å². The highest BCUT2D eigenvalue weighted by molar-refractivity contribution is 8.26. The molecule has 2 aromatic rings. The summed E-state index contributed by atoms with van der Waals surface area (Å²) in [6, 6.07) is 13.4. The molecule has 0 N–H and O–H groups in total. The number of methoxy groups -OCH3 is 1. The molecule has 7 heteroatoms. The number of benzene rings is 2. The number of hydrogen-bond donors (Lipinski definition) is 0.